The third kappa shape index (κ3) is 3.36. The van der Waals surface area contributed by atoms with Crippen LogP contribution in [0.4, 0.5) is 0 Å². The van der Waals surface area contributed by atoms with Crippen LogP contribution in [0.1, 0.15) is 23.7 Å². The Morgan fingerprint density at radius 3 is 2.86 bits per heavy atom. The Morgan fingerprint density at radius 2 is 2.27 bits per heavy atom. The molecular formula is C15H19N3O3S. The first-order valence-electron chi connectivity index (χ1n) is 6.85. The van der Waals surface area contributed by atoms with Gasteiger partial charge in [0.1, 0.15) is 11.6 Å². The molecule has 118 valence electrons. The number of pyridine rings is 1. The van der Waals surface area contributed by atoms with Crippen LogP contribution in [0.15, 0.2) is 28.5 Å². The van der Waals surface area contributed by atoms with E-state index in [1.54, 1.807) is 30.3 Å². The van der Waals surface area contributed by atoms with Gasteiger partial charge in [0.25, 0.3) is 5.56 Å². The van der Waals surface area contributed by atoms with E-state index in [1.165, 1.54) is 23.0 Å². The predicted octanol–water partition coefficient (Wildman–Crippen LogP) is 1.84. The molecule has 0 radical (unpaired) electrons. The molecule has 2 heterocycles. The molecule has 2 aromatic heterocycles. The molecule has 1 atom stereocenters. The molecule has 0 aromatic carbocycles. The van der Waals surface area contributed by atoms with Crippen molar-refractivity contribution in [3.05, 3.63) is 44.8 Å². The van der Waals surface area contributed by atoms with Gasteiger partial charge in [-0.25, -0.2) is 4.98 Å². The molecule has 22 heavy (non-hydrogen) atoms. The molecule has 0 bridgehead atoms. The lowest BCUT2D eigenvalue weighted by molar-refractivity contribution is -0.132. The lowest BCUT2D eigenvalue weighted by Gasteiger charge is -2.23. The number of likely N-dealkylation sites (N-methyl/N-ethyl adjacent to an activating group) is 1. The van der Waals surface area contributed by atoms with E-state index in [1.807, 2.05) is 19.2 Å². The number of aromatic nitrogens is 2. The van der Waals surface area contributed by atoms with Crippen molar-refractivity contribution < 1.29 is 9.53 Å². The van der Waals surface area contributed by atoms with Gasteiger partial charge >= 0.3 is 0 Å². The standard InChI is InChI=1S/C15H19N3O3S/c1-10-9-22-14(16-10)11(2)17(3)13(19)8-18-7-5-6-12(21-4)15(18)20/h5-7,9,11H,8H2,1-4H3. The Hall–Kier alpha value is -2.15. The Kier molecular flexibility index (Phi) is 4.97. The van der Waals surface area contributed by atoms with Crippen LogP contribution in [-0.2, 0) is 11.3 Å². The molecule has 1 unspecified atom stereocenters. The number of carbonyl (C=O) groups excluding carboxylic acids is 1. The molecule has 7 heteroatoms. The number of rotatable bonds is 5. The molecule has 0 saturated heterocycles. The fraction of sp³-hybridized carbons (Fsp3) is 0.400. The summed E-state index contributed by atoms with van der Waals surface area (Å²) in [5, 5.41) is 2.84. The van der Waals surface area contributed by atoms with Crippen LogP contribution >= 0.6 is 11.3 Å². The third-order valence-electron chi connectivity index (χ3n) is 3.48. The molecule has 0 N–H and O–H groups in total. The second kappa shape index (κ2) is 6.74. The Bertz CT molecular complexity index is 723. The zero-order valence-corrected chi connectivity index (χ0v) is 13.9. The zero-order valence-electron chi connectivity index (χ0n) is 13.1. The number of hydrogen-bond acceptors (Lipinski definition) is 5. The second-order valence-electron chi connectivity index (χ2n) is 5.02. The largest absolute Gasteiger partial charge is 0.491 e. The molecule has 6 nitrogen and oxygen atoms in total. The molecule has 0 aliphatic heterocycles. The SMILES string of the molecule is COc1cccn(CC(=O)N(C)C(C)c2nc(C)cs2)c1=O. The van der Waals surface area contributed by atoms with Crippen LogP contribution in [-0.4, -0.2) is 34.5 Å². The van der Waals surface area contributed by atoms with E-state index in [9.17, 15) is 9.59 Å². The van der Waals surface area contributed by atoms with Gasteiger partial charge in [-0.2, -0.15) is 0 Å². The van der Waals surface area contributed by atoms with Crippen LogP contribution in [0.25, 0.3) is 0 Å². The highest BCUT2D eigenvalue weighted by atomic mass is 32.1. The van der Waals surface area contributed by atoms with Crippen molar-refractivity contribution in [3.8, 4) is 5.75 Å². The zero-order chi connectivity index (χ0) is 16.3. The lowest BCUT2D eigenvalue weighted by Crippen LogP contribution is -2.35. The van der Waals surface area contributed by atoms with E-state index in [2.05, 4.69) is 4.98 Å². The smallest absolute Gasteiger partial charge is 0.293 e. The number of methoxy groups -OCH3 is 1. The second-order valence-corrected chi connectivity index (χ2v) is 5.91. The number of aryl methyl sites for hydroxylation is 1. The summed E-state index contributed by atoms with van der Waals surface area (Å²) in [7, 11) is 3.15. The van der Waals surface area contributed by atoms with Crippen molar-refractivity contribution >= 4 is 17.2 Å². The molecule has 0 aliphatic rings. The van der Waals surface area contributed by atoms with E-state index in [4.69, 9.17) is 4.74 Å². The maximum atomic E-state index is 12.4. The number of carbonyl (C=O) groups is 1. The summed E-state index contributed by atoms with van der Waals surface area (Å²) in [6.45, 7) is 3.82. The summed E-state index contributed by atoms with van der Waals surface area (Å²) in [5.74, 6) is 0.0669. The highest BCUT2D eigenvalue weighted by Crippen LogP contribution is 2.22. The Balaban J connectivity index is 2.13. The lowest BCUT2D eigenvalue weighted by atomic mass is 10.3. The molecular weight excluding hydrogens is 302 g/mol. The normalized spacial score (nSPS) is 12.0. The van der Waals surface area contributed by atoms with E-state index in [-0.39, 0.29) is 29.8 Å². The minimum absolute atomic E-state index is 0.0266. The summed E-state index contributed by atoms with van der Waals surface area (Å²) in [5.41, 5.74) is 0.626. The van der Waals surface area contributed by atoms with Gasteiger partial charge in [-0.15, -0.1) is 11.3 Å². The van der Waals surface area contributed by atoms with Gasteiger partial charge in [0, 0.05) is 24.3 Å². The van der Waals surface area contributed by atoms with E-state index < -0.39 is 0 Å². The van der Waals surface area contributed by atoms with Crippen molar-refractivity contribution in [3.63, 3.8) is 0 Å². The maximum absolute atomic E-state index is 12.4. The molecule has 0 spiro atoms. The number of ether oxygens (including phenoxy) is 1. The van der Waals surface area contributed by atoms with Gasteiger partial charge in [0.05, 0.1) is 13.2 Å². The molecule has 0 aliphatic carbocycles. The van der Waals surface area contributed by atoms with E-state index in [0.717, 1.165) is 10.7 Å². The first-order valence-corrected chi connectivity index (χ1v) is 7.73. The summed E-state index contributed by atoms with van der Waals surface area (Å²) in [6.07, 6.45) is 1.58. The van der Waals surface area contributed by atoms with Crippen molar-refractivity contribution in [2.24, 2.45) is 0 Å². The van der Waals surface area contributed by atoms with Crippen molar-refractivity contribution in [1.82, 2.24) is 14.5 Å². The third-order valence-corrected chi connectivity index (χ3v) is 4.61. The van der Waals surface area contributed by atoms with Gasteiger partial charge in [-0.3, -0.25) is 9.59 Å². The van der Waals surface area contributed by atoms with Crippen LogP contribution in [0, 0.1) is 6.92 Å². The van der Waals surface area contributed by atoms with Crippen LogP contribution in [0.2, 0.25) is 0 Å². The molecule has 0 saturated carbocycles. The Morgan fingerprint density at radius 1 is 1.55 bits per heavy atom. The topological polar surface area (TPSA) is 64.4 Å². The molecule has 1 amide bonds. The predicted molar refractivity (Wildman–Crippen MR) is 85.3 cm³/mol. The number of thiazole rings is 1. The minimum atomic E-state index is -0.315. The van der Waals surface area contributed by atoms with Crippen LogP contribution < -0.4 is 10.3 Å². The molecule has 2 rings (SSSR count). The summed E-state index contributed by atoms with van der Waals surface area (Å²) in [4.78, 5) is 30.4. The number of nitrogens with zero attached hydrogens (tertiary/aromatic N) is 3. The highest BCUT2D eigenvalue weighted by Gasteiger charge is 2.20. The number of hydrogen-bond donors (Lipinski definition) is 0. The minimum Gasteiger partial charge on any atom is -0.491 e. The first kappa shape index (κ1) is 16.2. The fourth-order valence-corrected chi connectivity index (χ4v) is 2.89. The van der Waals surface area contributed by atoms with Crippen molar-refractivity contribution in [2.75, 3.05) is 14.2 Å². The van der Waals surface area contributed by atoms with Crippen LogP contribution in [0.5, 0.6) is 5.75 Å². The maximum Gasteiger partial charge on any atom is 0.293 e. The van der Waals surface area contributed by atoms with Gasteiger partial charge in [-0.1, -0.05) is 0 Å². The van der Waals surface area contributed by atoms with Gasteiger partial charge in [-0.05, 0) is 26.0 Å². The van der Waals surface area contributed by atoms with Gasteiger partial charge in [0.2, 0.25) is 5.91 Å². The molecule has 0 fully saturated rings. The quantitative estimate of drug-likeness (QED) is 0.843. The van der Waals surface area contributed by atoms with E-state index >= 15 is 0 Å². The first-order chi connectivity index (χ1) is 10.4. The van der Waals surface area contributed by atoms with E-state index in [0.29, 0.717) is 0 Å². The monoisotopic (exact) mass is 321 g/mol. The van der Waals surface area contributed by atoms with Gasteiger partial charge < -0.3 is 14.2 Å². The number of amides is 1. The van der Waals surface area contributed by atoms with Crippen LogP contribution in [0.3, 0.4) is 0 Å². The fourth-order valence-electron chi connectivity index (χ4n) is 2.00. The average Bonchev–Trinajstić information content (AvgIpc) is 2.94. The summed E-state index contributed by atoms with van der Waals surface area (Å²) in [6, 6.07) is 3.13. The highest BCUT2D eigenvalue weighted by molar-refractivity contribution is 7.09. The molecule has 2 aromatic rings. The average molecular weight is 321 g/mol. The summed E-state index contributed by atoms with van der Waals surface area (Å²) < 4.78 is 6.33. The van der Waals surface area contributed by atoms with Gasteiger partial charge in [0.15, 0.2) is 5.75 Å². The summed E-state index contributed by atoms with van der Waals surface area (Å²) >= 11 is 1.53. The Labute approximate surface area is 133 Å². The van der Waals surface area contributed by atoms with Crippen molar-refractivity contribution in [1.29, 1.82) is 0 Å². The van der Waals surface area contributed by atoms with Crippen molar-refractivity contribution in [2.45, 2.75) is 26.4 Å².